The van der Waals surface area contributed by atoms with Crippen LogP contribution in [0, 0.1) is 0 Å². The van der Waals surface area contributed by atoms with Crippen molar-refractivity contribution >= 4 is 17.7 Å². The molecule has 0 aromatic rings. The van der Waals surface area contributed by atoms with Crippen molar-refractivity contribution in [3.05, 3.63) is 0 Å². The maximum absolute atomic E-state index is 11.4. The van der Waals surface area contributed by atoms with Gasteiger partial charge in [-0.25, -0.2) is 0 Å². The van der Waals surface area contributed by atoms with Gasteiger partial charge in [0.05, 0.1) is 0 Å². The van der Waals surface area contributed by atoms with E-state index in [1.807, 2.05) is 0 Å². The van der Waals surface area contributed by atoms with E-state index >= 15 is 0 Å². The molecule has 1 N–H and O–H groups in total. The molecule has 1 aliphatic heterocycles. The second-order valence-electron chi connectivity index (χ2n) is 3.42. The van der Waals surface area contributed by atoms with Gasteiger partial charge in [0.25, 0.3) is 0 Å². The Bertz CT molecular complexity index is 275. The fraction of sp³-hybridized carbons (Fsp3) is 0.667. The fourth-order valence-corrected chi connectivity index (χ4v) is 1.67. The standard InChI is InChI=1S/C9H14N2O3/c1-6(12)10-9(14)8-4-3-5-11(8)7(2)13/h8H,3-5H2,1-2H3,(H,10,12,14). The van der Waals surface area contributed by atoms with Gasteiger partial charge in [-0.15, -0.1) is 0 Å². The molecule has 0 aromatic carbocycles. The molecule has 1 saturated heterocycles. The van der Waals surface area contributed by atoms with Crippen molar-refractivity contribution in [2.45, 2.75) is 32.7 Å². The zero-order valence-corrected chi connectivity index (χ0v) is 8.37. The third kappa shape index (κ3) is 2.31. The summed E-state index contributed by atoms with van der Waals surface area (Å²) >= 11 is 0. The maximum Gasteiger partial charge on any atom is 0.249 e. The van der Waals surface area contributed by atoms with Gasteiger partial charge in [0, 0.05) is 20.4 Å². The number of carbonyl (C=O) groups excluding carboxylic acids is 3. The van der Waals surface area contributed by atoms with E-state index < -0.39 is 6.04 Å². The van der Waals surface area contributed by atoms with E-state index in [0.29, 0.717) is 13.0 Å². The van der Waals surface area contributed by atoms with Crippen LogP contribution >= 0.6 is 0 Å². The molecule has 1 heterocycles. The van der Waals surface area contributed by atoms with Gasteiger partial charge >= 0.3 is 0 Å². The van der Waals surface area contributed by atoms with Crippen LogP contribution < -0.4 is 5.32 Å². The van der Waals surface area contributed by atoms with Crippen LogP contribution in [0.2, 0.25) is 0 Å². The van der Waals surface area contributed by atoms with Gasteiger partial charge in [0.2, 0.25) is 17.7 Å². The summed E-state index contributed by atoms with van der Waals surface area (Å²) in [6.45, 7) is 3.32. The third-order valence-electron chi connectivity index (χ3n) is 2.26. The number of likely N-dealkylation sites (tertiary alicyclic amines) is 1. The fourth-order valence-electron chi connectivity index (χ4n) is 1.67. The van der Waals surface area contributed by atoms with Crippen LogP contribution in [0.4, 0.5) is 0 Å². The van der Waals surface area contributed by atoms with E-state index in [9.17, 15) is 14.4 Å². The van der Waals surface area contributed by atoms with Gasteiger partial charge in [0.15, 0.2) is 0 Å². The molecule has 1 aliphatic rings. The second-order valence-corrected chi connectivity index (χ2v) is 3.42. The smallest absolute Gasteiger partial charge is 0.249 e. The number of rotatable bonds is 1. The average Bonchev–Trinajstić information content (AvgIpc) is 2.49. The zero-order valence-electron chi connectivity index (χ0n) is 8.37. The second kappa shape index (κ2) is 4.21. The molecule has 5 heteroatoms. The Kier molecular flexibility index (Phi) is 3.22. The molecule has 14 heavy (non-hydrogen) atoms. The predicted molar refractivity (Wildman–Crippen MR) is 49.2 cm³/mol. The highest BCUT2D eigenvalue weighted by Crippen LogP contribution is 2.17. The Morgan fingerprint density at radius 2 is 1.93 bits per heavy atom. The molecule has 1 fully saturated rings. The summed E-state index contributed by atoms with van der Waals surface area (Å²) in [5, 5.41) is 2.20. The van der Waals surface area contributed by atoms with Crippen molar-refractivity contribution < 1.29 is 14.4 Å². The molecule has 0 spiro atoms. The average molecular weight is 198 g/mol. The highest BCUT2D eigenvalue weighted by Gasteiger charge is 2.32. The first-order valence-corrected chi connectivity index (χ1v) is 4.61. The summed E-state index contributed by atoms with van der Waals surface area (Å²) in [7, 11) is 0. The van der Waals surface area contributed by atoms with Gasteiger partial charge in [-0.3, -0.25) is 19.7 Å². The monoisotopic (exact) mass is 198 g/mol. The van der Waals surface area contributed by atoms with E-state index in [0.717, 1.165) is 6.42 Å². The molecular formula is C9H14N2O3. The predicted octanol–water partition coefficient (Wildman–Crippen LogP) is -0.340. The van der Waals surface area contributed by atoms with Crippen LogP contribution in [0.5, 0.6) is 0 Å². The van der Waals surface area contributed by atoms with Crippen LogP contribution in [0.25, 0.3) is 0 Å². The molecule has 0 bridgehead atoms. The number of nitrogens with zero attached hydrogens (tertiary/aromatic N) is 1. The lowest BCUT2D eigenvalue weighted by Gasteiger charge is -2.21. The Balaban J connectivity index is 2.62. The Hall–Kier alpha value is -1.39. The van der Waals surface area contributed by atoms with Crippen LogP contribution in [-0.2, 0) is 14.4 Å². The molecule has 0 aliphatic carbocycles. The molecule has 0 saturated carbocycles. The molecule has 5 nitrogen and oxygen atoms in total. The van der Waals surface area contributed by atoms with Crippen LogP contribution in [0.1, 0.15) is 26.7 Å². The quantitative estimate of drug-likeness (QED) is 0.626. The van der Waals surface area contributed by atoms with Crippen molar-refractivity contribution in [3.63, 3.8) is 0 Å². The summed E-state index contributed by atoms with van der Waals surface area (Å²) in [6.07, 6.45) is 1.45. The maximum atomic E-state index is 11.4. The summed E-state index contributed by atoms with van der Waals surface area (Å²) in [5.74, 6) is -0.873. The highest BCUT2D eigenvalue weighted by atomic mass is 16.2. The number of imide groups is 1. The van der Waals surface area contributed by atoms with Gasteiger partial charge < -0.3 is 4.90 Å². The first-order valence-electron chi connectivity index (χ1n) is 4.61. The van der Waals surface area contributed by atoms with Crippen molar-refractivity contribution in [1.29, 1.82) is 0 Å². The Labute approximate surface area is 82.4 Å². The lowest BCUT2D eigenvalue weighted by atomic mass is 10.2. The molecule has 1 atom stereocenters. The molecule has 0 radical (unpaired) electrons. The van der Waals surface area contributed by atoms with Crippen molar-refractivity contribution in [2.24, 2.45) is 0 Å². The third-order valence-corrected chi connectivity index (χ3v) is 2.26. The van der Waals surface area contributed by atoms with E-state index in [1.165, 1.54) is 18.7 Å². The van der Waals surface area contributed by atoms with Gasteiger partial charge in [0.1, 0.15) is 6.04 Å². The SMILES string of the molecule is CC(=O)NC(=O)C1CCCN1C(C)=O. The van der Waals surface area contributed by atoms with E-state index in [2.05, 4.69) is 5.32 Å². The number of carbonyl (C=O) groups is 3. The summed E-state index contributed by atoms with van der Waals surface area (Å²) in [4.78, 5) is 34.7. The van der Waals surface area contributed by atoms with Crippen molar-refractivity contribution in [2.75, 3.05) is 6.54 Å². The molecule has 0 aromatic heterocycles. The number of amides is 3. The molecule has 3 amide bonds. The Morgan fingerprint density at radius 3 is 2.43 bits per heavy atom. The molecule has 78 valence electrons. The van der Waals surface area contributed by atoms with E-state index in [-0.39, 0.29) is 17.7 Å². The van der Waals surface area contributed by atoms with Crippen molar-refractivity contribution in [1.82, 2.24) is 10.2 Å². The normalized spacial score (nSPS) is 20.7. The molecule has 1 rings (SSSR count). The minimum absolute atomic E-state index is 0.119. The van der Waals surface area contributed by atoms with Crippen LogP contribution in [0.3, 0.4) is 0 Å². The minimum atomic E-state index is -0.462. The van der Waals surface area contributed by atoms with Gasteiger partial charge in [-0.1, -0.05) is 0 Å². The first kappa shape index (κ1) is 10.7. The topological polar surface area (TPSA) is 66.5 Å². The van der Waals surface area contributed by atoms with Crippen LogP contribution in [-0.4, -0.2) is 35.2 Å². The Morgan fingerprint density at radius 1 is 1.29 bits per heavy atom. The zero-order chi connectivity index (χ0) is 10.7. The number of hydrogen-bond acceptors (Lipinski definition) is 3. The van der Waals surface area contributed by atoms with Gasteiger partial charge in [-0.05, 0) is 12.8 Å². The minimum Gasteiger partial charge on any atom is -0.331 e. The number of hydrogen-bond donors (Lipinski definition) is 1. The number of nitrogens with one attached hydrogen (secondary N) is 1. The van der Waals surface area contributed by atoms with E-state index in [1.54, 1.807) is 0 Å². The van der Waals surface area contributed by atoms with Crippen molar-refractivity contribution in [3.8, 4) is 0 Å². The highest BCUT2D eigenvalue weighted by molar-refractivity contribution is 5.98. The first-order chi connectivity index (χ1) is 6.52. The largest absolute Gasteiger partial charge is 0.331 e. The summed E-state index contributed by atoms with van der Waals surface area (Å²) in [5.41, 5.74) is 0. The lowest BCUT2D eigenvalue weighted by Crippen LogP contribution is -2.46. The summed E-state index contributed by atoms with van der Waals surface area (Å²) in [6, 6.07) is -0.462. The van der Waals surface area contributed by atoms with Crippen LogP contribution in [0.15, 0.2) is 0 Å². The summed E-state index contributed by atoms with van der Waals surface area (Å²) < 4.78 is 0. The lowest BCUT2D eigenvalue weighted by molar-refractivity contribution is -0.139. The van der Waals surface area contributed by atoms with Gasteiger partial charge in [-0.2, -0.15) is 0 Å². The molecular weight excluding hydrogens is 184 g/mol. The molecule has 1 unspecified atom stereocenters. The van der Waals surface area contributed by atoms with E-state index in [4.69, 9.17) is 0 Å².